The number of aromatic amines is 1. The van der Waals surface area contributed by atoms with Crippen molar-refractivity contribution >= 4 is 57.5 Å². The summed E-state index contributed by atoms with van der Waals surface area (Å²) in [5.41, 5.74) is 1.31. The Labute approximate surface area is 230 Å². The monoisotopic (exact) mass is 551 g/mol. The number of H-pyrrole nitrogens is 1. The number of rotatable bonds is 5. The summed E-state index contributed by atoms with van der Waals surface area (Å²) in [4.78, 5) is 46.7. The number of aromatic nitrogens is 1. The lowest BCUT2D eigenvalue weighted by molar-refractivity contribution is -0.136. The lowest BCUT2D eigenvalue weighted by atomic mass is 9.80. The summed E-state index contributed by atoms with van der Waals surface area (Å²) in [6.07, 6.45) is 0.587. The number of likely N-dealkylation sites (tertiary alicyclic amines) is 1. The summed E-state index contributed by atoms with van der Waals surface area (Å²) < 4.78 is 0. The van der Waals surface area contributed by atoms with Crippen molar-refractivity contribution in [2.24, 2.45) is 5.92 Å². The number of carbonyl (C=O) groups is 3. The Morgan fingerprint density at radius 3 is 2.68 bits per heavy atom. The molecule has 1 spiro atoms. The average molecular weight is 552 g/mol. The Morgan fingerprint density at radius 2 is 1.97 bits per heavy atom. The van der Waals surface area contributed by atoms with E-state index in [0.717, 1.165) is 10.9 Å². The van der Waals surface area contributed by atoms with Gasteiger partial charge in [-0.2, -0.15) is 5.26 Å². The van der Waals surface area contributed by atoms with Gasteiger partial charge >= 0.3 is 0 Å². The smallest absolute Gasteiger partial charge is 0.270 e. The molecule has 2 N–H and O–H groups in total. The Bertz CT molecular complexity index is 1510. The van der Waals surface area contributed by atoms with Crippen molar-refractivity contribution in [2.75, 3.05) is 18.9 Å². The van der Waals surface area contributed by atoms with Gasteiger partial charge in [0, 0.05) is 31.1 Å². The Hall–Kier alpha value is -3.54. The minimum atomic E-state index is -0.995. The van der Waals surface area contributed by atoms with Gasteiger partial charge in [-0.25, -0.2) is 0 Å². The molecule has 5 rings (SSSR count). The van der Waals surface area contributed by atoms with Gasteiger partial charge in [-0.1, -0.05) is 61.3 Å². The van der Waals surface area contributed by atoms with E-state index in [1.807, 2.05) is 38.1 Å². The van der Waals surface area contributed by atoms with Gasteiger partial charge in [0.1, 0.15) is 17.8 Å². The molecule has 0 saturated carbocycles. The topological polar surface area (TPSA) is 109 Å². The molecule has 3 atom stereocenters. The van der Waals surface area contributed by atoms with Crippen LogP contribution in [0.4, 0.5) is 5.69 Å². The predicted octanol–water partition coefficient (Wildman–Crippen LogP) is 4.98. The highest BCUT2D eigenvalue weighted by Crippen LogP contribution is 2.46. The fourth-order valence-electron chi connectivity index (χ4n) is 5.63. The number of hydrogen-bond acceptors (Lipinski definition) is 4. The molecule has 10 heteroatoms. The number of halogens is 2. The van der Waals surface area contributed by atoms with Gasteiger partial charge in [-0.15, -0.1) is 0 Å². The number of fused-ring (bicyclic) bond motifs is 3. The molecule has 2 aliphatic heterocycles. The van der Waals surface area contributed by atoms with E-state index >= 15 is 0 Å². The van der Waals surface area contributed by atoms with Crippen LogP contribution in [0.2, 0.25) is 10.0 Å². The van der Waals surface area contributed by atoms with Crippen molar-refractivity contribution < 1.29 is 14.4 Å². The molecule has 1 aromatic heterocycles. The maximum Gasteiger partial charge on any atom is 0.270 e. The van der Waals surface area contributed by atoms with Crippen LogP contribution in [0.25, 0.3) is 10.9 Å². The van der Waals surface area contributed by atoms with E-state index in [0.29, 0.717) is 27.7 Å². The van der Waals surface area contributed by atoms with Gasteiger partial charge in [0.15, 0.2) is 0 Å². The number of para-hydroxylation sites is 1. The third-order valence-electron chi connectivity index (χ3n) is 7.60. The van der Waals surface area contributed by atoms with Crippen molar-refractivity contribution in [1.29, 1.82) is 5.26 Å². The zero-order valence-corrected chi connectivity index (χ0v) is 22.7. The Morgan fingerprint density at radius 1 is 1.24 bits per heavy atom. The molecule has 2 aromatic carbocycles. The van der Waals surface area contributed by atoms with Crippen molar-refractivity contribution in [1.82, 2.24) is 14.8 Å². The standard InChI is InChI=1S/C28H27Cl2N5O3/c1-15(2)10-22(34(3)25(36)21-11-16-8-9-19(29)23(30)24(16)32-21)26(37)35-14-28(12-17(35)13-31)18-6-4-5-7-20(18)33-27(28)38/h4-9,11,15,17,22,32H,10,12,14H2,1-3H3,(H,33,38)/t17-,22-,28-/m0/s1. The number of benzene rings is 2. The first-order valence-corrected chi connectivity index (χ1v) is 13.2. The molecule has 3 heterocycles. The van der Waals surface area contributed by atoms with Crippen LogP contribution in [0.1, 0.15) is 42.7 Å². The minimum absolute atomic E-state index is 0.0734. The van der Waals surface area contributed by atoms with Gasteiger partial charge in [0.2, 0.25) is 11.8 Å². The average Bonchev–Trinajstić information content (AvgIpc) is 3.58. The summed E-state index contributed by atoms with van der Waals surface area (Å²) >= 11 is 12.4. The van der Waals surface area contributed by atoms with E-state index < -0.39 is 23.4 Å². The van der Waals surface area contributed by atoms with Crippen LogP contribution >= 0.6 is 23.2 Å². The molecule has 196 valence electrons. The largest absolute Gasteiger partial charge is 0.349 e. The second-order valence-electron chi connectivity index (χ2n) is 10.5. The number of nitrogens with one attached hydrogen (secondary N) is 2. The van der Waals surface area contributed by atoms with Crippen LogP contribution in [0, 0.1) is 17.2 Å². The molecule has 3 aromatic rings. The highest BCUT2D eigenvalue weighted by atomic mass is 35.5. The van der Waals surface area contributed by atoms with E-state index in [9.17, 15) is 19.6 Å². The second-order valence-corrected chi connectivity index (χ2v) is 11.3. The summed E-state index contributed by atoms with van der Waals surface area (Å²) in [5.74, 6) is -0.874. The summed E-state index contributed by atoms with van der Waals surface area (Å²) in [7, 11) is 1.58. The number of amides is 3. The second kappa shape index (κ2) is 9.64. The van der Waals surface area contributed by atoms with Crippen molar-refractivity contribution in [3.63, 3.8) is 0 Å². The van der Waals surface area contributed by atoms with Gasteiger partial charge in [0.05, 0.1) is 27.0 Å². The van der Waals surface area contributed by atoms with E-state index in [1.165, 1.54) is 9.80 Å². The fraction of sp³-hybridized carbons (Fsp3) is 0.357. The summed E-state index contributed by atoms with van der Waals surface area (Å²) in [6.45, 7) is 4.01. The number of likely N-dealkylation sites (N-methyl/N-ethyl adjacent to an activating group) is 1. The Balaban J connectivity index is 1.46. The van der Waals surface area contributed by atoms with E-state index in [-0.39, 0.29) is 36.4 Å². The van der Waals surface area contributed by atoms with Gasteiger partial charge < -0.3 is 20.1 Å². The van der Waals surface area contributed by atoms with Gasteiger partial charge in [-0.3, -0.25) is 14.4 Å². The molecule has 1 saturated heterocycles. The van der Waals surface area contributed by atoms with Crippen LogP contribution < -0.4 is 5.32 Å². The molecule has 8 nitrogen and oxygen atoms in total. The van der Waals surface area contributed by atoms with Crippen LogP contribution in [-0.2, 0) is 15.0 Å². The SMILES string of the molecule is CC(C)C[C@@H](C(=O)N1C[C@]2(C[C@H]1C#N)C(=O)Nc1ccccc12)N(C)C(=O)c1cc2ccc(Cl)c(Cl)c2[nH]1. The van der Waals surface area contributed by atoms with Gasteiger partial charge in [-0.05, 0) is 36.1 Å². The van der Waals surface area contributed by atoms with Crippen LogP contribution in [0.5, 0.6) is 0 Å². The molecule has 0 bridgehead atoms. The first-order chi connectivity index (χ1) is 18.1. The fourth-order valence-corrected chi connectivity index (χ4v) is 6.01. The maximum atomic E-state index is 14.1. The zero-order chi connectivity index (χ0) is 27.4. The molecule has 2 aliphatic rings. The first kappa shape index (κ1) is 26.1. The van der Waals surface area contributed by atoms with Gasteiger partial charge in [0.25, 0.3) is 5.91 Å². The third-order valence-corrected chi connectivity index (χ3v) is 8.40. The van der Waals surface area contributed by atoms with E-state index in [2.05, 4.69) is 16.4 Å². The molecule has 0 aliphatic carbocycles. The summed E-state index contributed by atoms with van der Waals surface area (Å²) in [5, 5.41) is 14.3. The molecule has 3 amide bonds. The van der Waals surface area contributed by atoms with Crippen LogP contribution in [0.15, 0.2) is 42.5 Å². The van der Waals surface area contributed by atoms with E-state index in [4.69, 9.17) is 23.2 Å². The molecular weight excluding hydrogens is 525 g/mol. The van der Waals surface area contributed by atoms with Crippen molar-refractivity contribution in [3.05, 3.63) is 63.8 Å². The number of anilines is 1. The summed E-state index contributed by atoms with van der Waals surface area (Å²) in [6, 6.07) is 13.1. The normalized spacial score (nSPS) is 21.0. The lowest BCUT2D eigenvalue weighted by Gasteiger charge is -2.33. The number of nitriles is 1. The van der Waals surface area contributed by atoms with E-state index in [1.54, 1.807) is 25.2 Å². The van der Waals surface area contributed by atoms with Crippen LogP contribution in [-0.4, -0.2) is 58.2 Å². The van der Waals surface area contributed by atoms with Crippen molar-refractivity contribution in [3.8, 4) is 6.07 Å². The first-order valence-electron chi connectivity index (χ1n) is 12.4. The maximum absolute atomic E-state index is 14.1. The molecule has 38 heavy (non-hydrogen) atoms. The molecule has 0 radical (unpaired) electrons. The highest BCUT2D eigenvalue weighted by Gasteiger charge is 2.56. The predicted molar refractivity (Wildman–Crippen MR) is 146 cm³/mol. The Kier molecular flexibility index (Phi) is 6.62. The molecule has 0 unspecified atom stereocenters. The minimum Gasteiger partial charge on any atom is -0.349 e. The number of nitrogens with zero attached hydrogens (tertiary/aromatic N) is 3. The molecule has 1 fully saturated rings. The van der Waals surface area contributed by atoms with Crippen molar-refractivity contribution in [2.45, 2.75) is 44.2 Å². The lowest BCUT2D eigenvalue weighted by Crippen LogP contribution is -2.52. The number of carbonyl (C=O) groups excluding carboxylic acids is 3. The zero-order valence-electron chi connectivity index (χ0n) is 21.2. The van der Waals surface area contributed by atoms with Crippen LogP contribution in [0.3, 0.4) is 0 Å². The molecular formula is C28H27Cl2N5O3. The third kappa shape index (κ3) is 4.11. The number of hydrogen-bond donors (Lipinski definition) is 2. The quantitative estimate of drug-likeness (QED) is 0.466. The highest BCUT2D eigenvalue weighted by molar-refractivity contribution is 6.45.